The Balaban J connectivity index is 1.45. The van der Waals surface area contributed by atoms with Gasteiger partial charge in [-0.05, 0) is 35.7 Å². The van der Waals surface area contributed by atoms with Crippen LogP contribution >= 0.6 is 22.7 Å². The molecule has 128 valence electrons. The fraction of sp³-hybridized carbons (Fsp3) is 0.118. The smallest absolute Gasteiger partial charge is 0.270 e. The Bertz CT molecular complexity index is 858. The van der Waals surface area contributed by atoms with Crippen molar-refractivity contribution in [1.29, 1.82) is 0 Å². The van der Waals surface area contributed by atoms with E-state index in [1.807, 2.05) is 17.5 Å². The summed E-state index contributed by atoms with van der Waals surface area (Å²) in [7, 11) is 0. The third-order valence-electron chi connectivity index (χ3n) is 3.29. The zero-order chi connectivity index (χ0) is 17.6. The highest BCUT2D eigenvalue weighted by molar-refractivity contribution is 7.20. The summed E-state index contributed by atoms with van der Waals surface area (Å²) in [5.74, 6) is -0.421. The topological polar surface area (TPSA) is 91.3 Å². The van der Waals surface area contributed by atoms with Gasteiger partial charge in [-0.15, -0.1) is 22.7 Å². The van der Waals surface area contributed by atoms with Gasteiger partial charge in [0, 0.05) is 24.0 Å². The van der Waals surface area contributed by atoms with Crippen LogP contribution in [0.4, 0.5) is 0 Å². The van der Waals surface area contributed by atoms with Crippen LogP contribution in [0.5, 0.6) is 5.75 Å². The third kappa shape index (κ3) is 4.43. The van der Waals surface area contributed by atoms with Gasteiger partial charge in [0.15, 0.2) is 0 Å². The molecule has 0 spiro atoms. The summed E-state index contributed by atoms with van der Waals surface area (Å²) in [6.07, 6.45) is 0. The lowest BCUT2D eigenvalue weighted by Gasteiger charge is -2.06. The van der Waals surface area contributed by atoms with E-state index in [2.05, 4.69) is 15.6 Å². The fourth-order valence-corrected chi connectivity index (χ4v) is 3.66. The molecule has 0 aliphatic rings. The van der Waals surface area contributed by atoms with Crippen molar-refractivity contribution in [3.05, 3.63) is 58.4 Å². The number of hydrogen-bond donors (Lipinski definition) is 3. The molecule has 0 bridgehead atoms. The van der Waals surface area contributed by atoms with E-state index in [1.165, 1.54) is 35.6 Å². The largest absolute Gasteiger partial charge is 0.508 e. The number of carbonyl (C=O) groups is 2. The van der Waals surface area contributed by atoms with Crippen molar-refractivity contribution >= 4 is 34.5 Å². The molecule has 3 aromatic rings. The molecule has 2 amide bonds. The predicted octanol–water partition coefficient (Wildman–Crippen LogP) is 2.74. The van der Waals surface area contributed by atoms with Crippen LogP contribution in [0.1, 0.15) is 20.8 Å². The van der Waals surface area contributed by atoms with Gasteiger partial charge in [-0.3, -0.25) is 9.59 Å². The van der Waals surface area contributed by atoms with Crippen molar-refractivity contribution in [2.75, 3.05) is 13.1 Å². The Labute approximate surface area is 152 Å². The van der Waals surface area contributed by atoms with E-state index in [9.17, 15) is 14.7 Å². The number of thiophene rings is 1. The second-order valence-corrected chi connectivity index (χ2v) is 6.88. The van der Waals surface area contributed by atoms with Gasteiger partial charge in [-0.2, -0.15) is 0 Å². The van der Waals surface area contributed by atoms with Gasteiger partial charge in [-0.1, -0.05) is 6.07 Å². The normalized spacial score (nSPS) is 10.4. The lowest BCUT2D eigenvalue weighted by atomic mass is 10.2. The highest BCUT2D eigenvalue weighted by Crippen LogP contribution is 2.27. The first-order chi connectivity index (χ1) is 12.1. The molecular weight excluding hydrogens is 358 g/mol. The molecule has 0 fully saturated rings. The van der Waals surface area contributed by atoms with E-state index in [0.29, 0.717) is 24.3 Å². The number of thiazole rings is 1. The van der Waals surface area contributed by atoms with E-state index < -0.39 is 0 Å². The molecule has 25 heavy (non-hydrogen) atoms. The third-order valence-corrected chi connectivity index (χ3v) is 5.18. The van der Waals surface area contributed by atoms with Crippen molar-refractivity contribution in [1.82, 2.24) is 15.6 Å². The van der Waals surface area contributed by atoms with Crippen LogP contribution in [0.15, 0.2) is 47.2 Å². The second-order valence-electron chi connectivity index (χ2n) is 5.07. The first kappa shape index (κ1) is 17.1. The van der Waals surface area contributed by atoms with E-state index in [0.717, 1.165) is 9.88 Å². The Morgan fingerprint density at radius 2 is 1.72 bits per heavy atom. The number of phenolic OH excluding ortho intramolecular Hbond substituents is 1. The first-order valence-electron chi connectivity index (χ1n) is 7.48. The Morgan fingerprint density at radius 3 is 2.40 bits per heavy atom. The summed E-state index contributed by atoms with van der Waals surface area (Å²) in [6, 6.07) is 9.87. The molecule has 2 heterocycles. The van der Waals surface area contributed by atoms with Crippen molar-refractivity contribution in [2.24, 2.45) is 0 Å². The van der Waals surface area contributed by atoms with Crippen molar-refractivity contribution in [3.63, 3.8) is 0 Å². The molecule has 1 aromatic carbocycles. The van der Waals surface area contributed by atoms with E-state index in [1.54, 1.807) is 16.7 Å². The molecule has 0 atom stereocenters. The van der Waals surface area contributed by atoms with Gasteiger partial charge in [-0.25, -0.2) is 4.98 Å². The number of benzene rings is 1. The van der Waals surface area contributed by atoms with E-state index >= 15 is 0 Å². The zero-order valence-corrected chi connectivity index (χ0v) is 14.7. The van der Waals surface area contributed by atoms with Gasteiger partial charge in [0.2, 0.25) is 0 Å². The second kappa shape index (κ2) is 7.91. The van der Waals surface area contributed by atoms with Crippen molar-refractivity contribution < 1.29 is 14.7 Å². The molecule has 8 heteroatoms. The molecular formula is C17H15N3O3S2. The average molecular weight is 373 g/mol. The van der Waals surface area contributed by atoms with Gasteiger partial charge in [0.05, 0.1) is 4.88 Å². The van der Waals surface area contributed by atoms with Gasteiger partial charge in [0.25, 0.3) is 11.8 Å². The van der Waals surface area contributed by atoms with Crippen molar-refractivity contribution in [2.45, 2.75) is 0 Å². The molecule has 0 aliphatic carbocycles. The monoisotopic (exact) mass is 373 g/mol. The Morgan fingerprint density at radius 1 is 1.00 bits per heavy atom. The maximum atomic E-state index is 12.1. The Kier molecular flexibility index (Phi) is 5.42. The number of hydrogen-bond acceptors (Lipinski definition) is 6. The summed E-state index contributed by atoms with van der Waals surface area (Å²) in [4.78, 5) is 29.3. The van der Waals surface area contributed by atoms with Gasteiger partial charge < -0.3 is 15.7 Å². The molecule has 0 unspecified atom stereocenters. The standard InChI is InChI=1S/C17H15N3O3S2/c21-12-5-3-11(4-6-12)15(22)18-7-8-19-16(23)13-10-25-17(20-13)14-2-1-9-24-14/h1-6,9-10,21H,7-8H2,(H,18,22)(H,19,23). The number of nitrogens with one attached hydrogen (secondary N) is 2. The first-order valence-corrected chi connectivity index (χ1v) is 9.24. The van der Waals surface area contributed by atoms with Gasteiger partial charge in [0.1, 0.15) is 16.5 Å². The molecule has 0 saturated heterocycles. The molecule has 2 aromatic heterocycles. The molecule has 3 rings (SSSR count). The highest BCUT2D eigenvalue weighted by atomic mass is 32.1. The molecule has 3 N–H and O–H groups in total. The number of nitrogens with zero attached hydrogens (tertiary/aromatic N) is 1. The minimum absolute atomic E-state index is 0.106. The quantitative estimate of drug-likeness (QED) is 0.580. The highest BCUT2D eigenvalue weighted by Gasteiger charge is 2.12. The van der Waals surface area contributed by atoms with Crippen LogP contribution in [-0.4, -0.2) is 35.0 Å². The predicted molar refractivity (Wildman–Crippen MR) is 98.2 cm³/mol. The van der Waals surface area contributed by atoms with E-state index in [-0.39, 0.29) is 17.6 Å². The van der Waals surface area contributed by atoms with Crippen LogP contribution in [-0.2, 0) is 0 Å². The van der Waals surface area contributed by atoms with Crippen LogP contribution in [0.3, 0.4) is 0 Å². The number of rotatable bonds is 6. The maximum absolute atomic E-state index is 12.1. The lowest BCUT2D eigenvalue weighted by Crippen LogP contribution is -2.34. The summed E-state index contributed by atoms with van der Waals surface area (Å²) >= 11 is 3.00. The number of carbonyl (C=O) groups excluding carboxylic acids is 2. The summed E-state index contributed by atoms with van der Waals surface area (Å²) in [5, 5.41) is 19.1. The summed E-state index contributed by atoms with van der Waals surface area (Å²) in [5.41, 5.74) is 0.822. The average Bonchev–Trinajstić information content (AvgIpc) is 3.29. The van der Waals surface area contributed by atoms with Crippen LogP contribution in [0.2, 0.25) is 0 Å². The molecule has 0 saturated carbocycles. The molecule has 0 radical (unpaired) electrons. The zero-order valence-electron chi connectivity index (χ0n) is 13.1. The summed E-state index contributed by atoms with van der Waals surface area (Å²) < 4.78 is 0. The van der Waals surface area contributed by atoms with E-state index in [4.69, 9.17) is 0 Å². The molecule has 6 nitrogen and oxygen atoms in total. The maximum Gasteiger partial charge on any atom is 0.270 e. The number of amides is 2. The fourth-order valence-electron chi connectivity index (χ4n) is 2.05. The van der Waals surface area contributed by atoms with Crippen molar-refractivity contribution in [3.8, 4) is 15.6 Å². The summed E-state index contributed by atoms with van der Waals surface area (Å²) in [6.45, 7) is 0.599. The lowest BCUT2D eigenvalue weighted by molar-refractivity contribution is 0.0925. The van der Waals surface area contributed by atoms with Crippen LogP contribution in [0, 0.1) is 0 Å². The number of aromatic nitrogens is 1. The van der Waals surface area contributed by atoms with Gasteiger partial charge >= 0.3 is 0 Å². The van der Waals surface area contributed by atoms with Crippen LogP contribution in [0.25, 0.3) is 9.88 Å². The number of aromatic hydroxyl groups is 1. The SMILES string of the molecule is O=C(NCCNC(=O)c1csc(-c2cccs2)n1)c1ccc(O)cc1. The molecule has 0 aliphatic heterocycles. The minimum atomic E-state index is -0.266. The Hall–Kier alpha value is -2.71. The minimum Gasteiger partial charge on any atom is -0.508 e. The number of phenols is 1. The van der Waals surface area contributed by atoms with Crippen LogP contribution < -0.4 is 10.6 Å².